The number of piperazine rings is 1. The average molecular weight is 451 g/mol. The lowest BCUT2D eigenvalue weighted by Gasteiger charge is -2.32. The molecule has 3 aromatic rings. The molecular weight excluding hydrogens is 420 g/mol. The van der Waals surface area contributed by atoms with Gasteiger partial charge in [0.15, 0.2) is 0 Å². The van der Waals surface area contributed by atoms with E-state index in [2.05, 4.69) is 39.3 Å². The zero-order valence-electron chi connectivity index (χ0n) is 18.9. The van der Waals surface area contributed by atoms with Gasteiger partial charge >= 0.3 is 0 Å². The Bertz CT molecular complexity index is 1060. The molecule has 6 nitrogen and oxygen atoms in total. The molecule has 4 rings (SSSR count). The van der Waals surface area contributed by atoms with Crippen LogP contribution in [0.25, 0.3) is 10.6 Å². The van der Waals surface area contributed by atoms with E-state index in [0.29, 0.717) is 11.5 Å². The van der Waals surface area contributed by atoms with E-state index < -0.39 is 0 Å². The van der Waals surface area contributed by atoms with Crippen LogP contribution in [0.1, 0.15) is 27.9 Å². The van der Waals surface area contributed by atoms with Crippen LogP contribution >= 0.6 is 11.3 Å². The van der Waals surface area contributed by atoms with Crippen molar-refractivity contribution >= 4 is 22.9 Å². The highest BCUT2D eigenvalue weighted by Gasteiger charge is 2.18. The molecule has 1 aliphatic heterocycles. The predicted molar refractivity (Wildman–Crippen MR) is 131 cm³/mol. The number of nitrogens with zero attached hydrogens (tertiary/aromatic N) is 3. The molecule has 0 aliphatic carbocycles. The molecule has 1 fully saturated rings. The molecule has 0 atom stereocenters. The van der Waals surface area contributed by atoms with Gasteiger partial charge < -0.3 is 15.0 Å². The number of benzene rings is 2. The standard InChI is InChI=1S/C25H30N4O2S/c1-4-31-22-10-8-20(9-11-22)25-26-18(2)23(32-25)24(30)27-21-7-5-6-19(16-21)17-29-14-12-28(3)13-15-29/h5-11,16H,4,12-15,17H2,1-3H3,(H,27,30). The van der Waals surface area contributed by atoms with E-state index in [4.69, 9.17) is 4.74 Å². The number of carbonyl (C=O) groups excluding carboxylic acids is 1. The fraction of sp³-hybridized carbons (Fsp3) is 0.360. The molecule has 1 saturated heterocycles. The summed E-state index contributed by atoms with van der Waals surface area (Å²) in [5.41, 5.74) is 3.75. The zero-order valence-corrected chi connectivity index (χ0v) is 19.7. The molecular formula is C25H30N4O2S. The second-order valence-corrected chi connectivity index (χ2v) is 9.12. The average Bonchev–Trinajstić information content (AvgIpc) is 3.18. The summed E-state index contributed by atoms with van der Waals surface area (Å²) in [7, 11) is 2.16. The van der Waals surface area contributed by atoms with Crippen LogP contribution in [0, 0.1) is 6.92 Å². The largest absolute Gasteiger partial charge is 0.494 e. The lowest BCUT2D eigenvalue weighted by Crippen LogP contribution is -2.43. The molecule has 1 aromatic heterocycles. The molecule has 0 spiro atoms. The Morgan fingerprint density at radius 3 is 2.59 bits per heavy atom. The van der Waals surface area contributed by atoms with Crippen molar-refractivity contribution in [1.29, 1.82) is 0 Å². The van der Waals surface area contributed by atoms with Crippen molar-refractivity contribution in [3.63, 3.8) is 0 Å². The molecule has 7 heteroatoms. The van der Waals surface area contributed by atoms with Crippen LogP contribution in [0.5, 0.6) is 5.75 Å². The number of aryl methyl sites for hydroxylation is 1. The van der Waals surface area contributed by atoms with E-state index in [1.165, 1.54) is 16.9 Å². The highest BCUT2D eigenvalue weighted by atomic mass is 32.1. The second-order valence-electron chi connectivity index (χ2n) is 8.12. The third-order valence-electron chi connectivity index (χ3n) is 5.60. The Balaban J connectivity index is 1.43. The van der Waals surface area contributed by atoms with E-state index in [0.717, 1.165) is 60.4 Å². The molecule has 1 amide bonds. The normalized spacial score (nSPS) is 15.0. The van der Waals surface area contributed by atoms with Crippen LogP contribution < -0.4 is 10.1 Å². The van der Waals surface area contributed by atoms with Gasteiger partial charge in [-0.3, -0.25) is 9.69 Å². The fourth-order valence-corrected chi connectivity index (χ4v) is 4.76. The summed E-state index contributed by atoms with van der Waals surface area (Å²) in [6.45, 7) is 9.71. The monoisotopic (exact) mass is 450 g/mol. The van der Waals surface area contributed by atoms with Gasteiger partial charge in [0, 0.05) is 44.0 Å². The lowest BCUT2D eigenvalue weighted by molar-refractivity contribution is 0.103. The minimum atomic E-state index is -0.117. The minimum absolute atomic E-state index is 0.117. The molecule has 0 bridgehead atoms. The first-order valence-corrected chi connectivity index (χ1v) is 11.9. The highest BCUT2D eigenvalue weighted by Crippen LogP contribution is 2.30. The van der Waals surface area contributed by atoms with Gasteiger partial charge in [-0.25, -0.2) is 4.98 Å². The number of likely N-dealkylation sites (N-methyl/N-ethyl adjacent to an activating group) is 1. The molecule has 2 aromatic carbocycles. The Kier molecular flexibility index (Phi) is 7.19. The van der Waals surface area contributed by atoms with Crippen molar-refractivity contribution in [1.82, 2.24) is 14.8 Å². The minimum Gasteiger partial charge on any atom is -0.494 e. The molecule has 1 N–H and O–H groups in total. The van der Waals surface area contributed by atoms with E-state index in [9.17, 15) is 4.79 Å². The molecule has 0 saturated carbocycles. The number of carbonyl (C=O) groups is 1. The van der Waals surface area contributed by atoms with Crippen LogP contribution in [0.15, 0.2) is 48.5 Å². The summed E-state index contributed by atoms with van der Waals surface area (Å²) >= 11 is 1.42. The maximum atomic E-state index is 13.0. The van der Waals surface area contributed by atoms with Gasteiger partial charge in [0.1, 0.15) is 15.6 Å². The van der Waals surface area contributed by atoms with Gasteiger partial charge in [0.05, 0.1) is 12.3 Å². The molecule has 2 heterocycles. The summed E-state index contributed by atoms with van der Waals surface area (Å²) in [4.78, 5) is 23.1. The Hall–Kier alpha value is -2.74. The number of amides is 1. The summed E-state index contributed by atoms with van der Waals surface area (Å²) in [5, 5.41) is 3.89. The van der Waals surface area contributed by atoms with E-state index >= 15 is 0 Å². The Morgan fingerprint density at radius 1 is 1.12 bits per heavy atom. The first-order chi connectivity index (χ1) is 15.5. The summed E-state index contributed by atoms with van der Waals surface area (Å²) in [6.07, 6.45) is 0. The van der Waals surface area contributed by atoms with Crippen molar-refractivity contribution in [2.75, 3.05) is 45.2 Å². The topological polar surface area (TPSA) is 57.7 Å². The van der Waals surface area contributed by atoms with Gasteiger partial charge in [0.2, 0.25) is 0 Å². The van der Waals surface area contributed by atoms with Crippen molar-refractivity contribution in [2.24, 2.45) is 0 Å². The number of thiazole rings is 1. The summed E-state index contributed by atoms with van der Waals surface area (Å²) in [5.74, 6) is 0.716. The van der Waals surface area contributed by atoms with E-state index in [1.54, 1.807) is 0 Å². The molecule has 1 aliphatic rings. The van der Waals surface area contributed by atoms with Crippen molar-refractivity contribution in [2.45, 2.75) is 20.4 Å². The van der Waals surface area contributed by atoms with E-state index in [-0.39, 0.29) is 5.91 Å². The number of ether oxygens (including phenoxy) is 1. The molecule has 0 unspecified atom stereocenters. The predicted octanol–water partition coefficient (Wildman–Crippen LogP) is 4.52. The summed E-state index contributed by atoms with van der Waals surface area (Å²) < 4.78 is 5.51. The molecule has 0 radical (unpaired) electrons. The first-order valence-electron chi connectivity index (χ1n) is 11.0. The maximum Gasteiger partial charge on any atom is 0.267 e. The molecule has 168 valence electrons. The van der Waals surface area contributed by atoms with Crippen LogP contribution in [-0.2, 0) is 6.54 Å². The number of rotatable bonds is 7. The van der Waals surface area contributed by atoms with Crippen LogP contribution in [0.4, 0.5) is 5.69 Å². The number of hydrogen-bond donors (Lipinski definition) is 1. The SMILES string of the molecule is CCOc1ccc(-c2nc(C)c(C(=O)Nc3cccc(CN4CCN(C)CC4)c3)s2)cc1. The third kappa shape index (κ3) is 5.54. The van der Waals surface area contributed by atoms with Gasteiger partial charge in [-0.1, -0.05) is 12.1 Å². The van der Waals surface area contributed by atoms with Gasteiger partial charge in [-0.15, -0.1) is 11.3 Å². The second kappa shape index (κ2) is 10.3. The van der Waals surface area contributed by atoms with Crippen molar-refractivity contribution in [3.05, 3.63) is 64.7 Å². The van der Waals surface area contributed by atoms with E-state index in [1.807, 2.05) is 50.2 Å². The fourth-order valence-electron chi connectivity index (χ4n) is 3.79. The number of nitrogens with one attached hydrogen (secondary N) is 1. The quantitative estimate of drug-likeness (QED) is 0.574. The number of aromatic nitrogens is 1. The highest BCUT2D eigenvalue weighted by molar-refractivity contribution is 7.17. The summed E-state index contributed by atoms with van der Waals surface area (Å²) in [6, 6.07) is 16.0. The maximum absolute atomic E-state index is 13.0. The van der Waals surface area contributed by atoms with Crippen LogP contribution in [-0.4, -0.2) is 60.5 Å². The first kappa shape index (κ1) is 22.5. The number of hydrogen-bond acceptors (Lipinski definition) is 6. The van der Waals surface area contributed by atoms with Gasteiger partial charge in [-0.05, 0) is 62.9 Å². The van der Waals surface area contributed by atoms with Gasteiger partial charge in [-0.2, -0.15) is 0 Å². The van der Waals surface area contributed by atoms with Gasteiger partial charge in [0.25, 0.3) is 5.91 Å². The van der Waals surface area contributed by atoms with Crippen LogP contribution in [0.3, 0.4) is 0 Å². The lowest BCUT2D eigenvalue weighted by atomic mass is 10.1. The number of anilines is 1. The molecule has 32 heavy (non-hydrogen) atoms. The Morgan fingerprint density at radius 2 is 1.88 bits per heavy atom. The van der Waals surface area contributed by atoms with Crippen molar-refractivity contribution in [3.8, 4) is 16.3 Å². The zero-order chi connectivity index (χ0) is 22.5. The third-order valence-corrected chi connectivity index (χ3v) is 6.81. The van der Waals surface area contributed by atoms with Crippen LogP contribution in [0.2, 0.25) is 0 Å². The Labute approximate surface area is 193 Å². The van der Waals surface area contributed by atoms with Crippen molar-refractivity contribution < 1.29 is 9.53 Å². The smallest absolute Gasteiger partial charge is 0.267 e.